The summed E-state index contributed by atoms with van der Waals surface area (Å²) in [5, 5.41) is 2.79. The number of nitrogens with one attached hydrogen (secondary N) is 1. The third-order valence-corrected chi connectivity index (χ3v) is 2.49. The third kappa shape index (κ3) is 5.89. The van der Waals surface area contributed by atoms with E-state index in [9.17, 15) is 4.79 Å². The maximum atomic E-state index is 11.2. The second-order valence-electron chi connectivity index (χ2n) is 4.03. The summed E-state index contributed by atoms with van der Waals surface area (Å²) in [6.07, 6.45) is 1.81. The molecular formula is C13H21ClN2O2. The minimum atomic E-state index is -0.438. The van der Waals surface area contributed by atoms with Crippen molar-refractivity contribution in [1.29, 1.82) is 0 Å². The SMILES string of the molecule is COc1cccc(CCCNC(=O)[C@H](C)N)c1.Cl. The van der Waals surface area contributed by atoms with E-state index < -0.39 is 6.04 Å². The van der Waals surface area contributed by atoms with Crippen LogP contribution in [-0.4, -0.2) is 25.6 Å². The van der Waals surface area contributed by atoms with Crippen molar-refractivity contribution in [3.63, 3.8) is 0 Å². The zero-order valence-corrected chi connectivity index (χ0v) is 11.6. The molecule has 0 spiro atoms. The average molecular weight is 273 g/mol. The Labute approximate surface area is 114 Å². The van der Waals surface area contributed by atoms with Gasteiger partial charge in [0.25, 0.3) is 0 Å². The minimum Gasteiger partial charge on any atom is -0.497 e. The number of methoxy groups -OCH3 is 1. The quantitative estimate of drug-likeness (QED) is 0.772. The number of rotatable bonds is 6. The van der Waals surface area contributed by atoms with Crippen molar-refractivity contribution in [1.82, 2.24) is 5.32 Å². The van der Waals surface area contributed by atoms with Gasteiger partial charge in [0.2, 0.25) is 5.91 Å². The van der Waals surface area contributed by atoms with Gasteiger partial charge in [-0.2, -0.15) is 0 Å². The van der Waals surface area contributed by atoms with E-state index in [1.54, 1.807) is 14.0 Å². The van der Waals surface area contributed by atoms with Crippen molar-refractivity contribution in [3.05, 3.63) is 29.8 Å². The van der Waals surface area contributed by atoms with Crippen LogP contribution in [-0.2, 0) is 11.2 Å². The molecule has 0 aromatic heterocycles. The van der Waals surface area contributed by atoms with Crippen LogP contribution in [0.25, 0.3) is 0 Å². The molecule has 1 amide bonds. The zero-order chi connectivity index (χ0) is 12.7. The van der Waals surface area contributed by atoms with Crippen LogP contribution >= 0.6 is 12.4 Å². The van der Waals surface area contributed by atoms with E-state index in [2.05, 4.69) is 11.4 Å². The fraction of sp³-hybridized carbons (Fsp3) is 0.462. The number of benzene rings is 1. The van der Waals surface area contributed by atoms with Crippen LogP contribution in [0.1, 0.15) is 18.9 Å². The van der Waals surface area contributed by atoms with Crippen LogP contribution in [0, 0.1) is 0 Å². The van der Waals surface area contributed by atoms with Crippen LogP contribution in [0.3, 0.4) is 0 Å². The Morgan fingerprint density at radius 1 is 1.50 bits per heavy atom. The number of nitrogens with two attached hydrogens (primary N) is 1. The van der Waals surface area contributed by atoms with Crippen molar-refractivity contribution in [3.8, 4) is 5.75 Å². The predicted octanol–water partition coefficient (Wildman–Crippen LogP) is 1.51. The van der Waals surface area contributed by atoms with E-state index in [-0.39, 0.29) is 18.3 Å². The summed E-state index contributed by atoms with van der Waals surface area (Å²) in [6, 6.07) is 7.51. The smallest absolute Gasteiger partial charge is 0.236 e. The van der Waals surface area contributed by atoms with Gasteiger partial charge in [-0.1, -0.05) is 12.1 Å². The summed E-state index contributed by atoms with van der Waals surface area (Å²) in [4.78, 5) is 11.2. The van der Waals surface area contributed by atoms with Crippen LogP contribution < -0.4 is 15.8 Å². The molecule has 102 valence electrons. The molecule has 0 aliphatic carbocycles. The Morgan fingerprint density at radius 3 is 2.83 bits per heavy atom. The normalized spacial score (nSPS) is 11.3. The largest absolute Gasteiger partial charge is 0.497 e. The minimum absolute atomic E-state index is 0. The molecule has 0 heterocycles. The maximum absolute atomic E-state index is 11.2. The van der Waals surface area contributed by atoms with Gasteiger partial charge in [-0.3, -0.25) is 4.79 Å². The molecule has 1 atom stereocenters. The van der Waals surface area contributed by atoms with Gasteiger partial charge in [-0.05, 0) is 37.5 Å². The van der Waals surface area contributed by atoms with Gasteiger partial charge in [0.15, 0.2) is 0 Å². The molecule has 1 rings (SSSR count). The highest BCUT2D eigenvalue weighted by Gasteiger charge is 2.05. The number of hydrogen-bond acceptors (Lipinski definition) is 3. The molecule has 1 aromatic carbocycles. The molecule has 3 N–H and O–H groups in total. The van der Waals surface area contributed by atoms with E-state index in [0.717, 1.165) is 18.6 Å². The van der Waals surface area contributed by atoms with Crippen molar-refractivity contribution in [2.75, 3.05) is 13.7 Å². The Balaban J connectivity index is 0.00000289. The molecule has 0 saturated heterocycles. The Bertz CT molecular complexity index is 370. The van der Waals surface area contributed by atoms with Gasteiger partial charge in [-0.25, -0.2) is 0 Å². The number of carbonyl (C=O) groups excluding carboxylic acids is 1. The lowest BCUT2D eigenvalue weighted by molar-refractivity contribution is -0.121. The molecule has 0 bridgehead atoms. The van der Waals surface area contributed by atoms with Gasteiger partial charge in [0, 0.05) is 6.54 Å². The van der Waals surface area contributed by atoms with Crippen LogP contribution in [0.2, 0.25) is 0 Å². The number of carbonyl (C=O) groups is 1. The lowest BCUT2D eigenvalue weighted by atomic mass is 10.1. The molecule has 18 heavy (non-hydrogen) atoms. The van der Waals surface area contributed by atoms with E-state index in [1.165, 1.54) is 5.56 Å². The zero-order valence-electron chi connectivity index (χ0n) is 10.8. The fourth-order valence-electron chi connectivity index (χ4n) is 1.49. The van der Waals surface area contributed by atoms with Crippen molar-refractivity contribution in [2.45, 2.75) is 25.8 Å². The summed E-state index contributed by atoms with van der Waals surface area (Å²) in [5.74, 6) is 0.762. The van der Waals surface area contributed by atoms with E-state index in [1.807, 2.05) is 18.2 Å². The van der Waals surface area contributed by atoms with E-state index in [0.29, 0.717) is 6.54 Å². The standard InChI is InChI=1S/C13H20N2O2.ClH/c1-10(14)13(16)15-8-4-6-11-5-3-7-12(9-11)17-2;/h3,5,7,9-10H,4,6,8,14H2,1-2H3,(H,15,16);1H/t10-;/m0./s1. The first-order valence-corrected chi connectivity index (χ1v) is 5.79. The Hall–Kier alpha value is -1.26. The molecule has 0 radical (unpaired) electrons. The first kappa shape index (κ1) is 16.7. The molecule has 0 unspecified atom stereocenters. The van der Waals surface area contributed by atoms with Crippen LogP contribution in [0.15, 0.2) is 24.3 Å². The van der Waals surface area contributed by atoms with Crippen LogP contribution in [0.4, 0.5) is 0 Å². The second-order valence-corrected chi connectivity index (χ2v) is 4.03. The molecule has 1 aromatic rings. The van der Waals surface area contributed by atoms with Crippen molar-refractivity contribution in [2.24, 2.45) is 5.73 Å². The van der Waals surface area contributed by atoms with E-state index in [4.69, 9.17) is 10.5 Å². The number of aryl methyl sites for hydroxylation is 1. The molecule has 0 fully saturated rings. The molecule has 0 aliphatic rings. The first-order valence-electron chi connectivity index (χ1n) is 5.79. The molecule has 4 nitrogen and oxygen atoms in total. The highest BCUT2D eigenvalue weighted by atomic mass is 35.5. The van der Waals surface area contributed by atoms with Crippen LogP contribution in [0.5, 0.6) is 5.75 Å². The fourth-order valence-corrected chi connectivity index (χ4v) is 1.49. The Morgan fingerprint density at radius 2 is 2.22 bits per heavy atom. The highest BCUT2D eigenvalue weighted by Crippen LogP contribution is 2.13. The summed E-state index contributed by atoms with van der Waals surface area (Å²) < 4.78 is 5.14. The monoisotopic (exact) mass is 272 g/mol. The first-order chi connectivity index (χ1) is 8.13. The summed E-state index contributed by atoms with van der Waals surface area (Å²) in [6.45, 7) is 2.33. The van der Waals surface area contributed by atoms with Gasteiger partial charge in [-0.15, -0.1) is 12.4 Å². The maximum Gasteiger partial charge on any atom is 0.236 e. The summed E-state index contributed by atoms with van der Waals surface area (Å²) >= 11 is 0. The Kier molecular flexibility index (Phi) is 8.16. The molecule has 0 aliphatic heterocycles. The van der Waals surface area contributed by atoms with Gasteiger partial charge in [0.05, 0.1) is 13.2 Å². The summed E-state index contributed by atoms with van der Waals surface area (Å²) in [5.41, 5.74) is 6.65. The highest BCUT2D eigenvalue weighted by molar-refractivity contribution is 5.85. The van der Waals surface area contributed by atoms with Gasteiger partial charge < -0.3 is 15.8 Å². The summed E-state index contributed by atoms with van der Waals surface area (Å²) in [7, 11) is 1.65. The number of halogens is 1. The lowest BCUT2D eigenvalue weighted by Crippen LogP contribution is -2.38. The third-order valence-electron chi connectivity index (χ3n) is 2.49. The predicted molar refractivity (Wildman–Crippen MR) is 75.2 cm³/mol. The molecule has 5 heteroatoms. The second kappa shape index (κ2) is 8.78. The number of amides is 1. The van der Waals surface area contributed by atoms with E-state index >= 15 is 0 Å². The van der Waals surface area contributed by atoms with Crippen molar-refractivity contribution >= 4 is 18.3 Å². The number of hydrogen-bond donors (Lipinski definition) is 2. The van der Waals surface area contributed by atoms with Crippen molar-refractivity contribution < 1.29 is 9.53 Å². The lowest BCUT2D eigenvalue weighted by Gasteiger charge is -2.08. The topological polar surface area (TPSA) is 64.3 Å². The average Bonchev–Trinajstić information content (AvgIpc) is 2.34. The molecule has 0 saturated carbocycles. The van der Waals surface area contributed by atoms with Gasteiger partial charge in [0.1, 0.15) is 5.75 Å². The number of ether oxygens (including phenoxy) is 1. The molecular weight excluding hydrogens is 252 g/mol. The van der Waals surface area contributed by atoms with Gasteiger partial charge >= 0.3 is 0 Å².